The van der Waals surface area contributed by atoms with Gasteiger partial charge in [0.15, 0.2) is 6.54 Å². The van der Waals surface area contributed by atoms with Crippen LogP contribution >= 0.6 is 11.8 Å². The molecule has 3 aromatic carbocycles. The lowest BCUT2D eigenvalue weighted by Gasteiger charge is -2.11. The van der Waals surface area contributed by atoms with E-state index in [9.17, 15) is 0 Å². The SMILES string of the molecule is CSc1cc(-c2ccccc2)cc(-c2ccccc2)[n+]1Cc1ccc(C)cc1.[I-]. The first kappa shape index (κ1) is 21.6. The van der Waals surface area contributed by atoms with Gasteiger partial charge in [0.25, 0.3) is 0 Å². The minimum absolute atomic E-state index is 0. The van der Waals surface area contributed by atoms with Crippen LogP contribution in [0.2, 0.25) is 0 Å². The van der Waals surface area contributed by atoms with Gasteiger partial charge in [-0.15, -0.1) is 0 Å². The zero-order valence-corrected chi connectivity index (χ0v) is 19.7. The number of hydrogen-bond donors (Lipinski definition) is 0. The Balaban J connectivity index is 0.00000240. The Morgan fingerprint density at radius 1 is 0.690 bits per heavy atom. The maximum atomic E-state index is 2.43. The van der Waals surface area contributed by atoms with Crippen LogP contribution in [0.1, 0.15) is 11.1 Å². The zero-order valence-electron chi connectivity index (χ0n) is 16.7. The minimum Gasteiger partial charge on any atom is -1.00 e. The largest absolute Gasteiger partial charge is 1.00 e. The molecular formula is C26H24INS. The van der Waals surface area contributed by atoms with Crippen molar-refractivity contribution in [3.05, 3.63) is 108 Å². The van der Waals surface area contributed by atoms with E-state index < -0.39 is 0 Å². The van der Waals surface area contributed by atoms with Crippen LogP contribution in [0.15, 0.2) is 102 Å². The minimum atomic E-state index is 0. The fourth-order valence-corrected chi connectivity index (χ4v) is 4.08. The summed E-state index contributed by atoms with van der Waals surface area (Å²) in [6, 6.07) is 34.8. The Hall–Kier alpha value is -2.11. The number of thioether (sulfide) groups is 1. The van der Waals surface area contributed by atoms with E-state index in [1.54, 1.807) is 11.8 Å². The molecule has 0 saturated heterocycles. The number of pyridine rings is 1. The predicted octanol–water partition coefficient (Wildman–Crippen LogP) is 3.39. The quantitative estimate of drug-likeness (QED) is 0.227. The van der Waals surface area contributed by atoms with Crippen LogP contribution in [0, 0.1) is 6.92 Å². The van der Waals surface area contributed by atoms with Gasteiger partial charge in [-0.2, -0.15) is 4.57 Å². The Morgan fingerprint density at radius 3 is 1.86 bits per heavy atom. The molecule has 1 nitrogen and oxygen atoms in total. The first-order valence-corrected chi connectivity index (χ1v) is 10.8. The second-order valence-corrected chi connectivity index (χ2v) is 7.80. The highest BCUT2D eigenvalue weighted by molar-refractivity contribution is 7.98. The number of nitrogens with zero attached hydrogens (tertiary/aromatic N) is 1. The van der Waals surface area contributed by atoms with Crippen LogP contribution in [0.5, 0.6) is 0 Å². The van der Waals surface area contributed by atoms with Crippen molar-refractivity contribution in [3.63, 3.8) is 0 Å². The molecule has 0 N–H and O–H groups in total. The first-order chi connectivity index (χ1) is 13.7. The topological polar surface area (TPSA) is 3.88 Å². The van der Waals surface area contributed by atoms with E-state index in [2.05, 4.69) is 115 Å². The molecule has 146 valence electrons. The van der Waals surface area contributed by atoms with E-state index in [0.29, 0.717) is 0 Å². The third-order valence-corrected chi connectivity index (χ3v) is 5.73. The van der Waals surface area contributed by atoms with Gasteiger partial charge in [0.1, 0.15) is 0 Å². The molecule has 0 aliphatic carbocycles. The number of benzene rings is 3. The van der Waals surface area contributed by atoms with Crippen LogP contribution in [-0.2, 0) is 6.54 Å². The highest BCUT2D eigenvalue weighted by Crippen LogP contribution is 2.28. The average Bonchev–Trinajstić information content (AvgIpc) is 2.76. The Kier molecular flexibility index (Phi) is 7.51. The van der Waals surface area contributed by atoms with Crippen LogP contribution in [0.3, 0.4) is 0 Å². The van der Waals surface area contributed by atoms with Gasteiger partial charge in [0.05, 0.1) is 0 Å². The van der Waals surface area contributed by atoms with E-state index in [1.165, 1.54) is 38.5 Å². The van der Waals surface area contributed by atoms with Crippen molar-refractivity contribution in [1.29, 1.82) is 0 Å². The molecule has 0 saturated carbocycles. The molecule has 4 aromatic rings. The van der Waals surface area contributed by atoms with Crippen molar-refractivity contribution < 1.29 is 28.5 Å². The lowest BCUT2D eigenvalue weighted by atomic mass is 10.0. The lowest BCUT2D eigenvalue weighted by Crippen LogP contribution is -3.00. The van der Waals surface area contributed by atoms with Gasteiger partial charge in [-0.3, -0.25) is 0 Å². The molecule has 0 bridgehead atoms. The molecule has 29 heavy (non-hydrogen) atoms. The van der Waals surface area contributed by atoms with E-state index >= 15 is 0 Å². The molecule has 0 aliphatic heterocycles. The zero-order chi connectivity index (χ0) is 19.3. The molecule has 3 heteroatoms. The van der Waals surface area contributed by atoms with Crippen LogP contribution in [0.25, 0.3) is 22.4 Å². The van der Waals surface area contributed by atoms with Crippen LogP contribution < -0.4 is 28.5 Å². The molecule has 0 atom stereocenters. The smallest absolute Gasteiger partial charge is 0.241 e. The molecule has 0 fully saturated rings. The number of rotatable bonds is 5. The molecule has 0 amide bonds. The van der Waals surface area contributed by atoms with E-state index in [4.69, 9.17) is 0 Å². The van der Waals surface area contributed by atoms with E-state index in [0.717, 1.165) is 6.54 Å². The van der Waals surface area contributed by atoms with Crippen molar-refractivity contribution in [2.45, 2.75) is 18.5 Å². The summed E-state index contributed by atoms with van der Waals surface area (Å²) < 4.78 is 2.43. The fraction of sp³-hybridized carbons (Fsp3) is 0.115. The van der Waals surface area contributed by atoms with Gasteiger partial charge in [-0.05, 0) is 36.4 Å². The second-order valence-electron chi connectivity index (χ2n) is 6.98. The summed E-state index contributed by atoms with van der Waals surface area (Å²) >= 11 is 1.80. The van der Waals surface area contributed by atoms with Gasteiger partial charge in [-0.1, -0.05) is 90.1 Å². The monoisotopic (exact) mass is 509 g/mol. The van der Waals surface area contributed by atoms with E-state index in [-0.39, 0.29) is 24.0 Å². The summed E-state index contributed by atoms with van der Waals surface area (Å²) in [5, 5.41) is 1.26. The molecular weight excluding hydrogens is 485 g/mol. The van der Waals surface area contributed by atoms with Crippen LogP contribution in [-0.4, -0.2) is 6.26 Å². The molecule has 0 unspecified atom stereocenters. The summed E-state index contributed by atoms with van der Waals surface area (Å²) in [5.41, 5.74) is 7.59. The van der Waals surface area contributed by atoms with Crippen molar-refractivity contribution >= 4 is 11.8 Å². The van der Waals surface area contributed by atoms with Crippen molar-refractivity contribution in [3.8, 4) is 22.4 Å². The molecule has 4 rings (SSSR count). The summed E-state index contributed by atoms with van der Waals surface area (Å²) in [7, 11) is 0. The summed E-state index contributed by atoms with van der Waals surface area (Å²) in [6.45, 7) is 2.99. The lowest BCUT2D eigenvalue weighted by molar-refractivity contribution is -0.714. The van der Waals surface area contributed by atoms with Crippen molar-refractivity contribution in [2.75, 3.05) is 6.26 Å². The standard InChI is InChI=1S/C26H24NS.HI/c1-20-13-15-21(16-14-20)19-27-25(23-11-7-4-8-12-23)17-24(18-26(27)28-2)22-9-5-3-6-10-22;/h3-18H,19H2,1-2H3;1H/q+1;/p-1. The molecule has 0 aliphatic rings. The average molecular weight is 509 g/mol. The Morgan fingerprint density at radius 2 is 1.28 bits per heavy atom. The molecule has 1 aromatic heterocycles. The second kappa shape index (κ2) is 10.1. The number of halogens is 1. The third kappa shape index (κ3) is 5.09. The van der Waals surface area contributed by atoms with Crippen molar-refractivity contribution in [2.24, 2.45) is 0 Å². The van der Waals surface area contributed by atoms with Gasteiger partial charge < -0.3 is 24.0 Å². The number of aryl methyl sites for hydroxylation is 1. The number of aromatic nitrogens is 1. The first-order valence-electron chi connectivity index (χ1n) is 9.53. The third-order valence-electron chi connectivity index (χ3n) is 4.98. The maximum absolute atomic E-state index is 2.43. The highest BCUT2D eigenvalue weighted by atomic mass is 127. The van der Waals surface area contributed by atoms with Crippen molar-refractivity contribution in [1.82, 2.24) is 0 Å². The number of hydrogen-bond acceptors (Lipinski definition) is 1. The van der Waals surface area contributed by atoms with E-state index in [1.807, 2.05) is 0 Å². The maximum Gasteiger partial charge on any atom is 0.241 e. The van der Waals surface area contributed by atoms with Gasteiger partial charge in [-0.25, -0.2) is 0 Å². The predicted molar refractivity (Wildman–Crippen MR) is 120 cm³/mol. The Bertz CT molecular complexity index is 1060. The van der Waals surface area contributed by atoms with Crippen LogP contribution in [0.4, 0.5) is 0 Å². The normalized spacial score (nSPS) is 10.4. The van der Waals surface area contributed by atoms with Gasteiger partial charge in [0.2, 0.25) is 10.7 Å². The molecule has 1 heterocycles. The molecule has 0 spiro atoms. The highest BCUT2D eigenvalue weighted by Gasteiger charge is 2.21. The fourth-order valence-electron chi connectivity index (χ4n) is 3.45. The molecule has 0 radical (unpaired) electrons. The van der Waals surface area contributed by atoms with Gasteiger partial charge in [0, 0.05) is 23.3 Å². The van der Waals surface area contributed by atoms with Gasteiger partial charge >= 0.3 is 0 Å². The summed E-state index contributed by atoms with van der Waals surface area (Å²) in [6.07, 6.45) is 2.16. The Labute approximate surface area is 194 Å². The summed E-state index contributed by atoms with van der Waals surface area (Å²) in [5.74, 6) is 0. The summed E-state index contributed by atoms with van der Waals surface area (Å²) in [4.78, 5) is 0.